The van der Waals surface area contributed by atoms with Crippen LogP contribution in [0.15, 0.2) is 30.3 Å². The maximum atomic E-state index is 10.4. The summed E-state index contributed by atoms with van der Waals surface area (Å²) in [6.45, 7) is 12.0. The Hall–Kier alpha value is -2.00. The van der Waals surface area contributed by atoms with E-state index < -0.39 is 0 Å². The smallest absolute Gasteiger partial charge is 0.127 e. The van der Waals surface area contributed by atoms with Crippen molar-refractivity contribution < 1.29 is 9.84 Å². The standard InChI is InChI=1S/C28H39NO2/c1-20-21(2)27-25(22(3)26(20)30)11-15-28(4,31-27)14-8-16-29-17-12-24(13-18-29)19-23-9-6-5-7-10-23/h5-7,9-10,24,30H,8,11-19H2,1-4H3. The zero-order valence-electron chi connectivity index (χ0n) is 19.8. The van der Waals surface area contributed by atoms with Crippen molar-refractivity contribution in [3.63, 3.8) is 0 Å². The molecule has 31 heavy (non-hydrogen) atoms. The van der Waals surface area contributed by atoms with E-state index in [1.165, 1.54) is 56.4 Å². The summed E-state index contributed by atoms with van der Waals surface area (Å²) < 4.78 is 6.61. The SMILES string of the molecule is Cc1c(C)c2c(c(C)c1O)CCC(C)(CCCN1CCC(Cc3ccccc3)CC1)O2. The second kappa shape index (κ2) is 9.24. The van der Waals surface area contributed by atoms with E-state index in [-0.39, 0.29) is 5.60 Å². The Morgan fingerprint density at radius 2 is 1.74 bits per heavy atom. The molecule has 168 valence electrons. The maximum absolute atomic E-state index is 10.4. The second-order valence-corrected chi connectivity index (χ2v) is 10.2. The molecule has 0 aliphatic carbocycles. The fourth-order valence-corrected chi connectivity index (χ4v) is 5.51. The Morgan fingerprint density at radius 3 is 2.45 bits per heavy atom. The van der Waals surface area contributed by atoms with E-state index in [0.717, 1.165) is 47.6 Å². The van der Waals surface area contributed by atoms with Crippen LogP contribution in [0.25, 0.3) is 0 Å². The molecule has 0 amide bonds. The van der Waals surface area contributed by atoms with Gasteiger partial charge >= 0.3 is 0 Å². The third-order valence-electron chi connectivity index (χ3n) is 7.85. The molecule has 1 saturated heterocycles. The van der Waals surface area contributed by atoms with Crippen LogP contribution < -0.4 is 4.74 Å². The summed E-state index contributed by atoms with van der Waals surface area (Å²) in [4.78, 5) is 2.65. The third kappa shape index (κ3) is 4.92. The van der Waals surface area contributed by atoms with Gasteiger partial charge in [0.25, 0.3) is 0 Å². The molecule has 2 aliphatic rings. The van der Waals surface area contributed by atoms with Crippen LogP contribution in [-0.4, -0.2) is 35.2 Å². The lowest BCUT2D eigenvalue weighted by atomic mass is 9.85. The largest absolute Gasteiger partial charge is 0.507 e. The van der Waals surface area contributed by atoms with Crippen molar-refractivity contribution >= 4 is 0 Å². The molecule has 2 aromatic rings. The molecule has 0 bridgehead atoms. The zero-order chi connectivity index (χ0) is 22.0. The van der Waals surface area contributed by atoms with Crippen LogP contribution in [0.2, 0.25) is 0 Å². The van der Waals surface area contributed by atoms with Gasteiger partial charge in [-0.2, -0.15) is 0 Å². The van der Waals surface area contributed by atoms with Crippen molar-refractivity contribution in [1.82, 2.24) is 4.90 Å². The number of hydrogen-bond acceptors (Lipinski definition) is 3. The zero-order valence-corrected chi connectivity index (χ0v) is 19.8. The van der Waals surface area contributed by atoms with Gasteiger partial charge < -0.3 is 14.7 Å². The van der Waals surface area contributed by atoms with Crippen molar-refractivity contribution in [2.24, 2.45) is 5.92 Å². The van der Waals surface area contributed by atoms with Gasteiger partial charge in [0.2, 0.25) is 0 Å². The first kappa shape index (κ1) is 22.2. The number of aromatic hydroxyl groups is 1. The van der Waals surface area contributed by atoms with Crippen LogP contribution in [0.5, 0.6) is 11.5 Å². The van der Waals surface area contributed by atoms with Crippen molar-refractivity contribution in [3.05, 3.63) is 58.1 Å². The summed E-state index contributed by atoms with van der Waals surface area (Å²) >= 11 is 0. The summed E-state index contributed by atoms with van der Waals surface area (Å²) in [5, 5.41) is 10.4. The number of likely N-dealkylation sites (tertiary alicyclic amines) is 1. The second-order valence-electron chi connectivity index (χ2n) is 10.2. The fraction of sp³-hybridized carbons (Fsp3) is 0.571. The molecular weight excluding hydrogens is 382 g/mol. The molecule has 1 unspecified atom stereocenters. The number of phenols is 1. The van der Waals surface area contributed by atoms with Crippen molar-refractivity contribution in [2.75, 3.05) is 19.6 Å². The third-order valence-corrected chi connectivity index (χ3v) is 7.85. The van der Waals surface area contributed by atoms with Crippen LogP contribution in [0.3, 0.4) is 0 Å². The predicted molar refractivity (Wildman–Crippen MR) is 128 cm³/mol. The van der Waals surface area contributed by atoms with Crippen LogP contribution in [0.4, 0.5) is 0 Å². The van der Waals surface area contributed by atoms with Gasteiger partial charge in [-0.15, -0.1) is 0 Å². The Kier molecular flexibility index (Phi) is 6.62. The van der Waals surface area contributed by atoms with Crippen molar-refractivity contribution in [2.45, 2.75) is 78.2 Å². The molecule has 3 nitrogen and oxygen atoms in total. The summed E-state index contributed by atoms with van der Waals surface area (Å²) in [7, 11) is 0. The molecule has 0 saturated carbocycles. The highest BCUT2D eigenvalue weighted by Gasteiger charge is 2.34. The molecule has 2 aromatic carbocycles. The normalized spacial score (nSPS) is 22.2. The van der Waals surface area contributed by atoms with Crippen LogP contribution in [0, 0.1) is 26.7 Å². The molecule has 2 aliphatic heterocycles. The van der Waals surface area contributed by atoms with E-state index >= 15 is 0 Å². The van der Waals surface area contributed by atoms with Crippen LogP contribution in [0.1, 0.15) is 66.8 Å². The highest BCUT2D eigenvalue weighted by Crippen LogP contribution is 2.44. The minimum Gasteiger partial charge on any atom is -0.507 e. The van der Waals surface area contributed by atoms with E-state index in [9.17, 15) is 5.11 Å². The summed E-state index contributed by atoms with van der Waals surface area (Å²) in [5.41, 5.74) is 5.65. The molecule has 1 atom stereocenters. The average Bonchev–Trinajstić information content (AvgIpc) is 2.78. The summed E-state index contributed by atoms with van der Waals surface area (Å²) in [5.74, 6) is 2.31. The topological polar surface area (TPSA) is 32.7 Å². The first-order valence-electron chi connectivity index (χ1n) is 12.1. The van der Waals surface area contributed by atoms with E-state index in [4.69, 9.17) is 4.74 Å². The van der Waals surface area contributed by atoms with Gasteiger partial charge in [-0.05, 0) is 120 Å². The fourth-order valence-electron chi connectivity index (χ4n) is 5.51. The first-order chi connectivity index (χ1) is 14.9. The lowest BCUT2D eigenvalue weighted by Crippen LogP contribution is -2.39. The van der Waals surface area contributed by atoms with E-state index in [2.05, 4.69) is 49.1 Å². The predicted octanol–water partition coefficient (Wildman–Crippen LogP) is 6.14. The van der Waals surface area contributed by atoms with E-state index in [1.807, 2.05) is 13.8 Å². The summed E-state index contributed by atoms with van der Waals surface area (Å²) in [6.07, 6.45) is 8.17. The van der Waals surface area contributed by atoms with Gasteiger partial charge in [-0.1, -0.05) is 30.3 Å². The quantitative estimate of drug-likeness (QED) is 0.608. The average molecular weight is 422 g/mol. The molecule has 1 N–H and O–H groups in total. The molecule has 0 spiro atoms. The number of ether oxygens (including phenoxy) is 1. The maximum Gasteiger partial charge on any atom is 0.127 e. The lowest BCUT2D eigenvalue weighted by Gasteiger charge is -2.39. The number of benzene rings is 2. The highest BCUT2D eigenvalue weighted by molar-refractivity contribution is 5.58. The number of hydrogen-bond donors (Lipinski definition) is 1. The number of nitrogens with zero attached hydrogens (tertiary/aromatic N) is 1. The molecule has 3 heteroatoms. The summed E-state index contributed by atoms with van der Waals surface area (Å²) in [6, 6.07) is 10.9. The van der Waals surface area contributed by atoms with E-state index in [0.29, 0.717) is 5.75 Å². The van der Waals surface area contributed by atoms with Crippen LogP contribution >= 0.6 is 0 Å². The Bertz CT molecular complexity index is 899. The minimum atomic E-state index is -0.0980. The first-order valence-corrected chi connectivity index (χ1v) is 12.1. The van der Waals surface area contributed by atoms with Crippen molar-refractivity contribution in [1.29, 1.82) is 0 Å². The Morgan fingerprint density at radius 1 is 1.03 bits per heavy atom. The van der Waals surface area contributed by atoms with Crippen LogP contribution in [-0.2, 0) is 12.8 Å². The van der Waals surface area contributed by atoms with E-state index in [1.54, 1.807) is 0 Å². The lowest BCUT2D eigenvalue weighted by molar-refractivity contribution is 0.0482. The Balaban J connectivity index is 1.26. The molecule has 1 fully saturated rings. The van der Waals surface area contributed by atoms with Gasteiger partial charge in [0.05, 0.1) is 0 Å². The highest BCUT2D eigenvalue weighted by atomic mass is 16.5. The number of fused-ring (bicyclic) bond motifs is 1. The van der Waals surface area contributed by atoms with Gasteiger partial charge in [0.1, 0.15) is 17.1 Å². The number of phenolic OH excluding ortho intramolecular Hbond substituents is 1. The van der Waals surface area contributed by atoms with Gasteiger partial charge in [0, 0.05) is 5.56 Å². The molecule has 0 radical (unpaired) electrons. The van der Waals surface area contributed by atoms with Gasteiger partial charge in [-0.25, -0.2) is 0 Å². The molecule has 2 heterocycles. The monoisotopic (exact) mass is 421 g/mol. The molecular formula is C28H39NO2. The number of piperidine rings is 1. The molecule has 0 aromatic heterocycles. The van der Waals surface area contributed by atoms with Gasteiger partial charge in [-0.3, -0.25) is 0 Å². The number of rotatable bonds is 6. The molecule has 4 rings (SSSR count). The Labute approximate surface area is 188 Å². The minimum absolute atomic E-state index is 0.0980. The van der Waals surface area contributed by atoms with Gasteiger partial charge in [0.15, 0.2) is 0 Å². The van der Waals surface area contributed by atoms with Crippen molar-refractivity contribution in [3.8, 4) is 11.5 Å².